The van der Waals surface area contributed by atoms with Crippen LogP contribution in [0, 0.1) is 5.82 Å². The van der Waals surface area contributed by atoms with Crippen LogP contribution in [0.15, 0.2) is 29.4 Å². The van der Waals surface area contributed by atoms with E-state index in [1.165, 1.54) is 16.9 Å². The molecule has 0 fully saturated rings. The van der Waals surface area contributed by atoms with Crippen molar-refractivity contribution in [1.82, 2.24) is 19.7 Å². The highest BCUT2D eigenvalue weighted by molar-refractivity contribution is 7.89. The van der Waals surface area contributed by atoms with Crippen LogP contribution in [0.1, 0.15) is 5.56 Å². The lowest BCUT2D eigenvalue weighted by molar-refractivity contribution is 0.537. The number of sulfonamides is 1. The zero-order valence-corrected chi connectivity index (χ0v) is 12.4. The van der Waals surface area contributed by atoms with Crippen LogP contribution >= 0.6 is 11.6 Å². The van der Waals surface area contributed by atoms with Gasteiger partial charge in [0.05, 0.1) is 12.7 Å². The smallest absolute Gasteiger partial charge is 0.243 e. The molecule has 7 nitrogen and oxygen atoms in total. The quantitative estimate of drug-likeness (QED) is 0.801. The van der Waals surface area contributed by atoms with Crippen LogP contribution in [0.25, 0.3) is 0 Å². The average molecular weight is 334 g/mol. The number of nitrogens with two attached hydrogens (primary N) is 1. The highest BCUT2D eigenvalue weighted by Gasteiger charge is 2.21. The van der Waals surface area contributed by atoms with E-state index in [2.05, 4.69) is 15.0 Å². The SMILES string of the molecule is NCc1cc(Cl)cc(S(=O)(=O)NCCn2ccnn2)c1F. The van der Waals surface area contributed by atoms with E-state index in [4.69, 9.17) is 17.3 Å². The Morgan fingerprint density at radius 3 is 2.81 bits per heavy atom. The Morgan fingerprint density at radius 1 is 1.43 bits per heavy atom. The molecule has 1 aromatic carbocycles. The number of benzene rings is 1. The Bertz CT molecular complexity index is 720. The molecule has 10 heteroatoms. The number of nitrogens with zero attached hydrogens (tertiary/aromatic N) is 3. The van der Waals surface area contributed by atoms with E-state index in [0.29, 0.717) is 0 Å². The second kappa shape index (κ2) is 6.48. The normalized spacial score (nSPS) is 11.8. The fraction of sp³-hybridized carbons (Fsp3) is 0.273. The van der Waals surface area contributed by atoms with Crippen LogP contribution < -0.4 is 10.5 Å². The number of aromatic nitrogens is 3. The summed E-state index contributed by atoms with van der Waals surface area (Å²) in [7, 11) is -4.03. The van der Waals surface area contributed by atoms with Gasteiger partial charge in [0, 0.05) is 29.9 Å². The van der Waals surface area contributed by atoms with Gasteiger partial charge in [0.15, 0.2) is 0 Å². The average Bonchev–Trinajstić information content (AvgIpc) is 2.93. The van der Waals surface area contributed by atoms with Crippen LogP contribution in [0.4, 0.5) is 4.39 Å². The summed E-state index contributed by atoms with van der Waals surface area (Å²) >= 11 is 5.79. The van der Waals surface area contributed by atoms with Crippen molar-refractivity contribution in [1.29, 1.82) is 0 Å². The lowest BCUT2D eigenvalue weighted by Crippen LogP contribution is -2.28. The summed E-state index contributed by atoms with van der Waals surface area (Å²) < 4.78 is 42.0. The molecular weight excluding hydrogens is 321 g/mol. The minimum absolute atomic E-state index is 0.0373. The Kier molecular flexibility index (Phi) is 4.88. The number of rotatable bonds is 6. The van der Waals surface area contributed by atoms with Gasteiger partial charge < -0.3 is 5.73 Å². The summed E-state index contributed by atoms with van der Waals surface area (Å²) in [5, 5.41) is 7.38. The second-order valence-electron chi connectivity index (χ2n) is 4.15. The first-order valence-corrected chi connectivity index (χ1v) is 7.82. The molecular formula is C11H13ClFN5O2S. The Balaban J connectivity index is 2.17. The minimum Gasteiger partial charge on any atom is -0.326 e. The topological polar surface area (TPSA) is 103 Å². The standard InChI is InChI=1S/C11H13ClFN5O2S/c12-9-5-8(7-14)11(13)10(6-9)21(19,20)16-2-4-18-3-1-15-17-18/h1,3,5-6,16H,2,4,7,14H2. The maximum atomic E-state index is 14.1. The summed E-state index contributed by atoms with van der Waals surface area (Å²) in [5.41, 5.74) is 5.40. The molecule has 0 saturated heterocycles. The summed E-state index contributed by atoms with van der Waals surface area (Å²) in [5.74, 6) is -0.893. The first-order valence-electron chi connectivity index (χ1n) is 5.96. The molecule has 0 atom stereocenters. The van der Waals surface area contributed by atoms with Gasteiger partial charge in [0.2, 0.25) is 10.0 Å². The summed E-state index contributed by atoms with van der Waals surface area (Å²) in [6, 6.07) is 2.35. The summed E-state index contributed by atoms with van der Waals surface area (Å²) in [6.07, 6.45) is 3.06. The van der Waals surface area contributed by atoms with E-state index in [1.807, 2.05) is 0 Å². The molecule has 0 bridgehead atoms. The molecule has 0 aliphatic heterocycles. The molecule has 21 heavy (non-hydrogen) atoms. The van der Waals surface area contributed by atoms with Gasteiger partial charge >= 0.3 is 0 Å². The highest BCUT2D eigenvalue weighted by Crippen LogP contribution is 2.23. The van der Waals surface area contributed by atoms with Crippen molar-refractivity contribution in [2.24, 2.45) is 5.73 Å². The predicted octanol–water partition coefficient (Wildman–Crippen LogP) is 0.508. The van der Waals surface area contributed by atoms with Gasteiger partial charge in [-0.2, -0.15) is 0 Å². The number of hydrogen-bond donors (Lipinski definition) is 2. The minimum atomic E-state index is -4.03. The molecule has 114 valence electrons. The first-order chi connectivity index (χ1) is 9.94. The molecule has 0 amide bonds. The van der Waals surface area contributed by atoms with E-state index in [-0.39, 0.29) is 30.2 Å². The van der Waals surface area contributed by atoms with E-state index >= 15 is 0 Å². The maximum Gasteiger partial charge on any atom is 0.243 e. The van der Waals surface area contributed by atoms with Gasteiger partial charge in [-0.05, 0) is 12.1 Å². The Hall–Kier alpha value is -1.55. The summed E-state index contributed by atoms with van der Waals surface area (Å²) in [4.78, 5) is -0.519. The van der Waals surface area contributed by atoms with Gasteiger partial charge in [0.25, 0.3) is 0 Å². The molecule has 3 N–H and O–H groups in total. The molecule has 1 heterocycles. The molecule has 0 spiro atoms. The Morgan fingerprint density at radius 2 is 2.19 bits per heavy atom. The van der Waals surface area contributed by atoms with Crippen molar-refractivity contribution >= 4 is 21.6 Å². The molecule has 0 radical (unpaired) electrons. The second-order valence-corrected chi connectivity index (χ2v) is 6.32. The molecule has 0 saturated carbocycles. The Labute approximate surface area is 125 Å². The van der Waals surface area contributed by atoms with Gasteiger partial charge in [0.1, 0.15) is 10.7 Å². The van der Waals surface area contributed by atoms with Crippen LogP contribution in [-0.2, 0) is 23.1 Å². The van der Waals surface area contributed by atoms with Gasteiger partial charge in [-0.15, -0.1) is 5.10 Å². The third-order valence-corrected chi connectivity index (χ3v) is 4.37. The number of nitrogens with one attached hydrogen (secondary N) is 1. The number of hydrogen-bond acceptors (Lipinski definition) is 5. The van der Waals surface area contributed by atoms with Crippen molar-refractivity contribution in [2.75, 3.05) is 6.54 Å². The van der Waals surface area contributed by atoms with Crippen molar-refractivity contribution in [3.8, 4) is 0 Å². The van der Waals surface area contributed by atoms with Crippen molar-refractivity contribution in [3.63, 3.8) is 0 Å². The maximum absolute atomic E-state index is 14.1. The molecule has 0 unspecified atom stereocenters. The van der Waals surface area contributed by atoms with E-state index < -0.39 is 20.7 Å². The van der Waals surface area contributed by atoms with Crippen molar-refractivity contribution < 1.29 is 12.8 Å². The predicted molar refractivity (Wildman–Crippen MR) is 74.5 cm³/mol. The lowest BCUT2D eigenvalue weighted by Gasteiger charge is -2.10. The van der Waals surface area contributed by atoms with Crippen LogP contribution in [0.3, 0.4) is 0 Å². The molecule has 0 aliphatic carbocycles. The third-order valence-electron chi connectivity index (χ3n) is 2.69. The largest absolute Gasteiger partial charge is 0.326 e. The van der Waals surface area contributed by atoms with Crippen molar-refractivity contribution in [3.05, 3.63) is 40.9 Å². The summed E-state index contributed by atoms with van der Waals surface area (Å²) in [6.45, 7) is 0.161. The molecule has 1 aromatic heterocycles. The van der Waals surface area contributed by atoms with Crippen molar-refractivity contribution in [2.45, 2.75) is 18.0 Å². The van der Waals surface area contributed by atoms with Gasteiger partial charge in [-0.1, -0.05) is 16.8 Å². The fourth-order valence-corrected chi connectivity index (χ4v) is 3.16. The van der Waals surface area contributed by atoms with Crippen LogP contribution in [0.5, 0.6) is 0 Å². The molecule has 0 aliphatic rings. The molecule has 2 rings (SSSR count). The first kappa shape index (κ1) is 15.8. The fourth-order valence-electron chi connectivity index (χ4n) is 1.69. The highest BCUT2D eigenvalue weighted by atomic mass is 35.5. The zero-order valence-electron chi connectivity index (χ0n) is 10.8. The van der Waals surface area contributed by atoms with E-state index in [1.54, 1.807) is 6.20 Å². The van der Waals surface area contributed by atoms with E-state index in [0.717, 1.165) is 6.07 Å². The zero-order chi connectivity index (χ0) is 15.5. The monoisotopic (exact) mass is 333 g/mol. The van der Waals surface area contributed by atoms with E-state index in [9.17, 15) is 12.8 Å². The third kappa shape index (κ3) is 3.76. The number of halogens is 2. The molecule has 2 aromatic rings. The van der Waals surface area contributed by atoms with Crippen LogP contribution in [0.2, 0.25) is 5.02 Å². The van der Waals surface area contributed by atoms with Gasteiger partial charge in [-0.3, -0.25) is 4.68 Å². The van der Waals surface area contributed by atoms with Crippen LogP contribution in [-0.4, -0.2) is 30.0 Å². The van der Waals surface area contributed by atoms with Gasteiger partial charge in [-0.25, -0.2) is 17.5 Å². The lowest BCUT2D eigenvalue weighted by atomic mass is 10.2.